The summed E-state index contributed by atoms with van der Waals surface area (Å²) >= 11 is 0. The van der Waals surface area contributed by atoms with Crippen molar-refractivity contribution in [2.45, 2.75) is 32.6 Å². The smallest absolute Gasteiger partial charge is 0.220 e. The third kappa shape index (κ3) is 6.07. The minimum absolute atomic E-state index is 0.127. The van der Waals surface area contributed by atoms with E-state index < -0.39 is 0 Å². The first kappa shape index (κ1) is 13.7. The van der Waals surface area contributed by atoms with E-state index in [1.54, 1.807) is 0 Å². The first-order valence-electron chi connectivity index (χ1n) is 6.24. The number of aryl methyl sites for hydroxylation is 2. The highest BCUT2D eigenvalue weighted by atomic mass is 16.1. The van der Waals surface area contributed by atoms with Crippen molar-refractivity contribution in [3.8, 4) is 0 Å². The van der Waals surface area contributed by atoms with Crippen LogP contribution in [0.2, 0.25) is 0 Å². The number of rotatable bonds is 7. The molecule has 0 bridgehead atoms. The molecule has 0 spiro atoms. The van der Waals surface area contributed by atoms with E-state index in [-0.39, 0.29) is 5.91 Å². The first-order chi connectivity index (χ1) is 8.22. The first-order valence-corrected chi connectivity index (χ1v) is 6.24. The van der Waals surface area contributed by atoms with Gasteiger partial charge in [-0.15, -0.1) is 0 Å². The van der Waals surface area contributed by atoms with Gasteiger partial charge in [-0.1, -0.05) is 29.8 Å². The number of hydrogen-bond donors (Lipinski definition) is 2. The van der Waals surface area contributed by atoms with Gasteiger partial charge in [0.25, 0.3) is 0 Å². The predicted molar refractivity (Wildman–Crippen MR) is 70.8 cm³/mol. The topological polar surface area (TPSA) is 55.1 Å². The average molecular weight is 234 g/mol. The summed E-state index contributed by atoms with van der Waals surface area (Å²) in [7, 11) is 0. The number of hydrogen-bond acceptors (Lipinski definition) is 2. The van der Waals surface area contributed by atoms with Crippen LogP contribution < -0.4 is 11.1 Å². The van der Waals surface area contributed by atoms with Gasteiger partial charge >= 0.3 is 0 Å². The highest BCUT2D eigenvalue weighted by Gasteiger charge is 2.01. The van der Waals surface area contributed by atoms with Crippen LogP contribution >= 0.6 is 0 Å². The zero-order valence-corrected chi connectivity index (χ0v) is 10.5. The highest BCUT2D eigenvalue weighted by molar-refractivity contribution is 5.76. The summed E-state index contributed by atoms with van der Waals surface area (Å²) in [6, 6.07) is 8.32. The summed E-state index contributed by atoms with van der Waals surface area (Å²) in [5.41, 5.74) is 7.85. The fourth-order valence-electron chi connectivity index (χ4n) is 1.60. The number of nitrogens with one attached hydrogen (secondary N) is 1. The van der Waals surface area contributed by atoms with Crippen LogP contribution in [0.1, 0.15) is 30.4 Å². The molecule has 0 saturated heterocycles. The second-order valence-electron chi connectivity index (χ2n) is 4.33. The van der Waals surface area contributed by atoms with Gasteiger partial charge < -0.3 is 11.1 Å². The Balaban J connectivity index is 2.17. The Labute approximate surface area is 103 Å². The lowest BCUT2D eigenvalue weighted by Crippen LogP contribution is -2.25. The largest absolute Gasteiger partial charge is 0.356 e. The number of amides is 1. The zero-order chi connectivity index (χ0) is 12.5. The van der Waals surface area contributed by atoms with Crippen molar-refractivity contribution in [1.82, 2.24) is 5.32 Å². The average Bonchev–Trinajstić information content (AvgIpc) is 2.34. The molecule has 0 aromatic heterocycles. The number of benzene rings is 1. The van der Waals surface area contributed by atoms with Crippen LogP contribution in [0.25, 0.3) is 0 Å². The van der Waals surface area contributed by atoms with Crippen molar-refractivity contribution in [2.75, 3.05) is 13.1 Å². The van der Waals surface area contributed by atoms with E-state index in [0.717, 1.165) is 25.8 Å². The monoisotopic (exact) mass is 234 g/mol. The van der Waals surface area contributed by atoms with Gasteiger partial charge in [-0.05, 0) is 38.3 Å². The summed E-state index contributed by atoms with van der Waals surface area (Å²) in [6.45, 7) is 3.50. The molecule has 0 unspecified atom stereocenters. The second-order valence-corrected chi connectivity index (χ2v) is 4.33. The lowest BCUT2D eigenvalue weighted by atomic mass is 10.1. The van der Waals surface area contributed by atoms with Gasteiger partial charge in [0, 0.05) is 13.0 Å². The molecule has 0 saturated carbocycles. The van der Waals surface area contributed by atoms with Crippen LogP contribution in [0, 0.1) is 6.92 Å². The Hall–Kier alpha value is -1.35. The van der Waals surface area contributed by atoms with Gasteiger partial charge in [0.05, 0.1) is 0 Å². The standard InChI is InChI=1S/C14H22N2O/c1-12-4-6-13(7-5-12)8-9-14(17)16-11-3-2-10-15/h4-7H,2-3,8-11,15H2,1H3,(H,16,17). The van der Waals surface area contributed by atoms with Crippen LogP contribution in [0.4, 0.5) is 0 Å². The number of unbranched alkanes of at least 4 members (excludes halogenated alkanes) is 1. The summed E-state index contributed by atoms with van der Waals surface area (Å²) < 4.78 is 0. The number of carbonyl (C=O) groups is 1. The van der Waals surface area contributed by atoms with Gasteiger partial charge in [-0.25, -0.2) is 0 Å². The van der Waals surface area contributed by atoms with Crippen LogP contribution in [-0.4, -0.2) is 19.0 Å². The van der Waals surface area contributed by atoms with Crippen molar-refractivity contribution in [2.24, 2.45) is 5.73 Å². The molecule has 3 nitrogen and oxygen atoms in total. The summed E-state index contributed by atoms with van der Waals surface area (Å²) in [4.78, 5) is 11.5. The van der Waals surface area contributed by atoms with E-state index in [1.165, 1.54) is 11.1 Å². The fourth-order valence-corrected chi connectivity index (χ4v) is 1.60. The summed E-state index contributed by atoms with van der Waals surface area (Å²) in [5, 5.41) is 2.90. The van der Waals surface area contributed by atoms with Crippen molar-refractivity contribution in [3.63, 3.8) is 0 Å². The molecule has 0 fully saturated rings. The van der Waals surface area contributed by atoms with Gasteiger partial charge in [-0.2, -0.15) is 0 Å². The number of carbonyl (C=O) groups excluding carboxylic acids is 1. The second kappa shape index (κ2) is 7.85. The van der Waals surface area contributed by atoms with E-state index in [9.17, 15) is 4.79 Å². The van der Waals surface area contributed by atoms with Crippen LogP contribution in [-0.2, 0) is 11.2 Å². The van der Waals surface area contributed by atoms with Crippen LogP contribution in [0.5, 0.6) is 0 Å². The third-order valence-corrected chi connectivity index (χ3v) is 2.71. The Morgan fingerprint density at radius 3 is 2.59 bits per heavy atom. The molecule has 1 aromatic carbocycles. The molecule has 0 aliphatic heterocycles. The maximum absolute atomic E-state index is 11.5. The lowest BCUT2D eigenvalue weighted by Gasteiger charge is -2.05. The van der Waals surface area contributed by atoms with E-state index in [0.29, 0.717) is 13.0 Å². The normalized spacial score (nSPS) is 10.2. The lowest BCUT2D eigenvalue weighted by molar-refractivity contribution is -0.121. The zero-order valence-electron chi connectivity index (χ0n) is 10.5. The molecule has 0 aliphatic carbocycles. The van der Waals surface area contributed by atoms with Crippen molar-refractivity contribution < 1.29 is 4.79 Å². The molecule has 1 aromatic rings. The molecular weight excluding hydrogens is 212 g/mol. The van der Waals surface area contributed by atoms with E-state index >= 15 is 0 Å². The molecule has 3 N–H and O–H groups in total. The molecule has 0 aliphatic rings. The minimum atomic E-state index is 0.127. The predicted octanol–water partition coefficient (Wildman–Crippen LogP) is 1.78. The Kier molecular flexibility index (Phi) is 6.33. The summed E-state index contributed by atoms with van der Waals surface area (Å²) in [6.07, 6.45) is 3.31. The molecule has 0 radical (unpaired) electrons. The van der Waals surface area contributed by atoms with Gasteiger partial charge in [0.15, 0.2) is 0 Å². The van der Waals surface area contributed by atoms with Gasteiger partial charge in [-0.3, -0.25) is 4.79 Å². The Bertz CT molecular complexity index is 333. The molecule has 0 heterocycles. The Morgan fingerprint density at radius 1 is 1.24 bits per heavy atom. The van der Waals surface area contributed by atoms with E-state index in [2.05, 4.69) is 36.5 Å². The fraction of sp³-hybridized carbons (Fsp3) is 0.500. The molecule has 17 heavy (non-hydrogen) atoms. The molecular formula is C14H22N2O. The van der Waals surface area contributed by atoms with Crippen molar-refractivity contribution >= 4 is 5.91 Å². The maximum Gasteiger partial charge on any atom is 0.220 e. The Morgan fingerprint density at radius 2 is 1.94 bits per heavy atom. The minimum Gasteiger partial charge on any atom is -0.356 e. The third-order valence-electron chi connectivity index (χ3n) is 2.71. The van der Waals surface area contributed by atoms with Crippen LogP contribution in [0.3, 0.4) is 0 Å². The molecule has 3 heteroatoms. The number of nitrogens with two attached hydrogens (primary N) is 1. The SMILES string of the molecule is Cc1ccc(CCC(=O)NCCCCN)cc1. The van der Waals surface area contributed by atoms with Crippen molar-refractivity contribution in [1.29, 1.82) is 0 Å². The van der Waals surface area contributed by atoms with Crippen LogP contribution in [0.15, 0.2) is 24.3 Å². The molecule has 1 rings (SSSR count). The molecule has 0 atom stereocenters. The highest BCUT2D eigenvalue weighted by Crippen LogP contribution is 2.05. The quantitative estimate of drug-likeness (QED) is 0.707. The van der Waals surface area contributed by atoms with E-state index in [4.69, 9.17) is 5.73 Å². The maximum atomic E-state index is 11.5. The molecule has 94 valence electrons. The van der Waals surface area contributed by atoms with Crippen molar-refractivity contribution in [3.05, 3.63) is 35.4 Å². The van der Waals surface area contributed by atoms with E-state index in [1.807, 2.05) is 0 Å². The molecule has 1 amide bonds. The van der Waals surface area contributed by atoms with Gasteiger partial charge in [0.2, 0.25) is 5.91 Å². The van der Waals surface area contributed by atoms with Gasteiger partial charge in [0.1, 0.15) is 0 Å². The summed E-state index contributed by atoms with van der Waals surface area (Å²) in [5.74, 6) is 0.127.